The second kappa shape index (κ2) is 8.22. The minimum absolute atomic E-state index is 0.0907. The highest BCUT2D eigenvalue weighted by molar-refractivity contribution is 6.12. The highest BCUT2D eigenvalue weighted by Gasteiger charge is 2.45. The first-order valence-electron chi connectivity index (χ1n) is 9.28. The lowest BCUT2D eigenvalue weighted by Crippen LogP contribution is -2.37. The van der Waals surface area contributed by atoms with Gasteiger partial charge in [-0.05, 0) is 23.6 Å². The Morgan fingerprint density at radius 3 is 2.41 bits per heavy atom. The highest BCUT2D eigenvalue weighted by Crippen LogP contribution is 2.39. The second-order valence-electron chi connectivity index (χ2n) is 7.17. The van der Waals surface area contributed by atoms with Crippen LogP contribution in [0.15, 0.2) is 59.7 Å². The average molecular weight is 394 g/mol. The molecule has 1 aliphatic heterocycles. The minimum atomic E-state index is -0.763. The Balaban J connectivity index is 2.06. The van der Waals surface area contributed by atoms with E-state index in [1.165, 1.54) is 24.1 Å². The quantitative estimate of drug-likeness (QED) is 0.615. The molecule has 0 saturated heterocycles. The van der Waals surface area contributed by atoms with Gasteiger partial charge >= 0.3 is 0 Å². The first kappa shape index (κ1) is 20.2. The van der Waals surface area contributed by atoms with E-state index in [9.17, 15) is 19.7 Å². The van der Waals surface area contributed by atoms with Crippen LogP contribution in [0.1, 0.15) is 32.4 Å². The summed E-state index contributed by atoms with van der Waals surface area (Å²) in [7, 11) is 0. The predicted octanol–water partition coefficient (Wildman–Crippen LogP) is 3.76. The summed E-state index contributed by atoms with van der Waals surface area (Å²) < 4.78 is 0. The molecule has 29 heavy (non-hydrogen) atoms. The van der Waals surface area contributed by atoms with Gasteiger partial charge in [0.25, 0.3) is 5.69 Å². The van der Waals surface area contributed by atoms with Crippen molar-refractivity contribution in [1.29, 1.82) is 0 Å². The molecule has 0 bridgehead atoms. The van der Waals surface area contributed by atoms with Crippen LogP contribution < -0.4 is 5.32 Å². The Kier molecular flexibility index (Phi) is 5.72. The fourth-order valence-electron chi connectivity index (χ4n) is 3.47. The highest BCUT2D eigenvalue weighted by atomic mass is 16.6. The van der Waals surface area contributed by atoms with Gasteiger partial charge in [0, 0.05) is 24.7 Å². The maximum absolute atomic E-state index is 13.2. The Hall–Kier alpha value is -3.55. The first-order chi connectivity index (χ1) is 13.8. The van der Waals surface area contributed by atoms with E-state index in [0.29, 0.717) is 17.0 Å². The first-order valence-corrected chi connectivity index (χ1v) is 9.28. The molecule has 2 amide bonds. The van der Waals surface area contributed by atoms with Crippen molar-refractivity contribution in [3.63, 3.8) is 0 Å². The van der Waals surface area contributed by atoms with Crippen LogP contribution in [0.5, 0.6) is 0 Å². The van der Waals surface area contributed by atoms with Crippen LogP contribution >= 0.6 is 0 Å². The molecule has 2 atom stereocenters. The van der Waals surface area contributed by atoms with Gasteiger partial charge < -0.3 is 5.32 Å². The van der Waals surface area contributed by atoms with E-state index in [0.717, 1.165) is 0 Å². The summed E-state index contributed by atoms with van der Waals surface area (Å²) in [5, 5.41) is 19.8. The van der Waals surface area contributed by atoms with Crippen LogP contribution in [0.25, 0.3) is 0 Å². The van der Waals surface area contributed by atoms with Crippen molar-refractivity contribution in [1.82, 2.24) is 5.01 Å². The van der Waals surface area contributed by atoms with E-state index in [1.54, 1.807) is 24.3 Å². The molecule has 3 rings (SSSR count). The van der Waals surface area contributed by atoms with Gasteiger partial charge in [-0.3, -0.25) is 19.7 Å². The van der Waals surface area contributed by atoms with Gasteiger partial charge in [-0.15, -0.1) is 0 Å². The molecule has 8 heteroatoms. The Morgan fingerprint density at radius 2 is 1.83 bits per heavy atom. The largest absolute Gasteiger partial charge is 0.325 e. The van der Waals surface area contributed by atoms with Gasteiger partial charge in [-0.1, -0.05) is 44.2 Å². The molecule has 0 aliphatic carbocycles. The number of amides is 2. The SMILES string of the molecule is CC(=O)N1N=C(C(C)C)C(C(=O)Nc2ccccc2)C1c1cccc([N+](=O)[O-])c1. The molecule has 1 aliphatic rings. The maximum atomic E-state index is 13.2. The smallest absolute Gasteiger partial charge is 0.269 e. The minimum Gasteiger partial charge on any atom is -0.325 e. The standard InChI is InChI=1S/C21H22N4O4/c1-13(2)19-18(21(27)22-16-9-5-4-6-10-16)20(24(23-19)14(3)26)15-8-7-11-17(12-15)25(28)29/h4-13,18,20H,1-3H3,(H,22,27). The van der Waals surface area contributed by atoms with Gasteiger partial charge in [-0.25, -0.2) is 5.01 Å². The van der Waals surface area contributed by atoms with Crippen molar-refractivity contribution < 1.29 is 14.5 Å². The number of hydrazone groups is 1. The summed E-state index contributed by atoms with van der Waals surface area (Å²) in [6, 6.07) is 14.2. The monoisotopic (exact) mass is 394 g/mol. The number of nitro benzene ring substituents is 1. The normalized spacial score (nSPS) is 18.5. The van der Waals surface area contributed by atoms with E-state index in [1.807, 2.05) is 32.0 Å². The molecule has 1 heterocycles. The molecule has 0 aromatic heterocycles. The average Bonchev–Trinajstić information content (AvgIpc) is 3.10. The molecule has 0 radical (unpaired) electrons. The van der Waals surface area contributed by atoms with Crippen LogP contribution in [0.2, 0.25) is 0 Å². The van der Waals surface area contributed by atoms with Gasteiger partial charge in [-0.2, -0.15) is 5.10 Å². The van der Waals surface area contributed by atoms with Crippen LogP contribution in [0.3, 0.4) is 0 Å². The molecule has 150 valence electrons. The van der Waals surface area contributed by atoms with Gasteiger partial charge in [0.05, 0.1) is 16.7 Å². The number of hydrogen-bond donors (Lipinski definition) is 1. The van der Waals surface area contributed by atoms with Crippen molar-refractivity contribution in [3.8, 4) is 0 Å². The number of benzene rings is 2. The molecule has 2 aromatic carbocycles. The number of hydrogen-bond acceptors (Lipinski definition) is 5. The van der Waals surface area contributed by atoms with Crippen molar-refractivity contribution in [2.45, 2.75) is 26.8 Å². The van der Waals surface area contributed by atoms with Crippen molar-refractivity contribution >= 4 is 28.9 Å². The summed E-state index contributed by atoms with van der Waals surface area (Å²) >= 11 is 0. The number of rotatable bonds is 5. The fourth-order valence-corrected chi connectivity index (χ4v) is 3.47. The van der Waals surface area contributed by atoms with Crippen molar-refractivity contribution in [2.24, 2.45) is 16.9 Å². The third kappa shape index (κ3) is 4.16. The molecule has 0 saturated carbocycles. The number of carbonyl (C=O) groups is 2. The van der Waals surface area contributed by atoms with E-state index >= 15 is 0 Å². The van der Waals surface area contributed by atoms with E-state index in [2.05, 4.69) is 10.4 Å². The van der Waals surface area contributed by atoms with Crippen LogP contribution in [0, 0.1) is 22.0 Å². The zero-order valence-corrected chi connectivity index (χ0v) is 16.4. The van der Waals surface area contributed by atoms with Crippen LogP contribution in [-0.2, 0) is 9.59 Å². The Labute approximate surface area is 168 Å². The number of anilines is 1. The maximum Gasteiger partial charge on any atom is 0.269 e. The Bertz CT molecular complexity index is 972. The number of non-ortho nitro benzene ring substituents is 1. The number of nitro groups is 1. The summed E-state index contributed by atoms with van der Waals surface area (Å²) in [5.74, 6) is -1.51. The number of carbonyl (C=O) groups excluding carboxylic acids is 2. The van der Waals surface area contributed by atoms with Crippen molar-refractivity contribution in [2.75, 3.05) is 5.32 Å². The van der Waals surface area contributed by atoms with Crippen LogP contribution in [-0.4, -0.2) is 27.5 Å². The molecule has 0 spiro atoms. The summed E-state index contributed by atoms with van der Waals surface area (Å²) in [6.45, 7) is 5.16. The number of para-hydroxylation sites is 1. The van der Waals surface area contributed by atoms with E-state index in [4.69, 9.17) is 0 Å². The van der Waals surface area contributed by atoms with Crippen LogP contribution in [0.4, 0.5) is 11.4 Å². The number of nitrogens with zero attached hydrogens (tertiary/aromatic N) is 3. The summed E-state index contributed by atoms with van der Waals surface area (Å²) in [5.41, 5.74) is 1.57. The van der Waals surface area contributed by atoms with E-state index in [-0.39, 0.29) is 23.4 Å². The predicted molar refractivity (Wildman–Crippen MR) is 109 cm³/mol. The Morgan fingerprint density at radius 1 is 1.14 bits per heavy atom. The molecular weight excluding hydrogens is 372 g/mol. The summed E-state index contributed by atoms with van der Waals surface area (Å²) in [4.78, 5) is 36.3. The lowest BCUT2D eigenvalue weighted by atomic mass is 9.84. The zero-order chi connectivity index (χ0) is 21.1. The lowest BCUT2D eigenvalue weighted by Gasteiger charge is -2.26. The van der Waals surface area contributed by atoms with Gasteiger partial charge in [0.2, 0.25) is 11.8 Å². The summed E-state index contributed by atoms with van der Waals surface area (Å²) in [6.07, 6.45) is 0. The van der Waals surface area contributed by atoms with E-state index < -0.39 is 16.9 Å². The molecule has 2 aromatic rings. The molecular formula is C21H22N4O4. The lowest BCUT2D eigenvalue weighted by molar-refractivity contribution is -0.385. The second-order valence-corrected chi connectivity index (χ2v) is 7.17. The van der Waals surface area contributed by atoms with Crippen molar-refractivity contribution in [3.05, 3.63) is 70.3 Å². The zero-order valence-electron chi connectivity index (χ0n) is 16.4. The molecule has 2 unspecified atom stereocenters. The number of nitrogens with one attached hydrogen (secondary N) is 1. The third-order valence-corrected chi connectivity index (χ3v) is 4.78. The molecule has 8 nitrogen and oxygen atoms in total. The third-order valence-electron chi connectivity index (χ3n) is 4.78. The topological polar surface area (TPSA) is 105 Å². The van der Waals surface area contributed by atoms with Gasteiger partial charge in [0.15, 0.2) is 0 Å². The molecule has 0 fully saturated rings. The van der Waals surface area contributed by atoms with Gasteiger partial charge in [0.1, 0.15) is 5.92 Å². The fraction of sp³-hybridized carbons (Fsp3) is 0.286. The molecule has 1 N–H and O–H groups in total.